The smallest absolute Gasteiger partial charge is 0.273 e. The number of carbonyl (C=O) groups excluding carboxylic acids is 1. The first kappa shape index (κ1) is 27.5. The van der Waals surface area contributed by atoms with Crippen molar-refractivity contribution in [3.63, 3.8) is 0 Å². The predicted octanol–water partition coefficient (Wildman–Crippen LogP) is 4.97. The second-order valence-corrected chi connectivity index (χ2v) is 11.8. The van der Waals surface area contributed by atoms with Crippen molar-refractivity contribution in [2.75, 3.05) is 40.1 Å². The molecule has 0 N–H and O–H groups in total. The predicted molar refractivity (Wildman–Crippen MR) is 161 cm³/mol. The van der Waals surface area contributed by atoms with Crippen molar-refractivity contribution < 1.29 is 23.4 Å². The molecular weight excluding hydrogens is 589 g/mol. The Hall–Kier alpha value is -4.33. The van der Waals surface area contributed by atoms with Crippen LogP contribution in [0.2, 0.25) is 0 Å². The number of carbonyl (C=O) groups is 1. The molecule has 220 valence electrons. The molecule has 1 saturated heterocycles. The summed E-state index contributed by atoms with van der Waals surface area (Å²) in [6.45, 7) is 3.98. The van der Waals surface area contributed by atoms with Crippen LogP contribution in [-0.4, -0.2) is 75.5 Å². The van der Waals surface area contributed by atoms with Gasteiger partial charge >= 0.3 is 0 Å². The second-order valence-electron chi connectivity index (χ2n) is 9.96. The standard InChI is InChI=1S/C30H28N6O5S2/c1-38-23-6-3-2-5-22(23)36-28(25-7-4-14-39-25)32-33-30(36)43-18-27-31-21(17-42-27)29(37)35-12-10-34(11-13-35)16-20-8-9-24-26(15-20)41-19-40-24/h2-9,14-15,17H,10-13,16,18-19H2,1H3. The van der Waals surface area contributed by atoms with E-state index < -0.39 is 0 Å². The summed E-state index contributed by atoms with van der Waals surface area (Å²) in [4.78, 5) is 22.2. The molecule has 2 aliphatic heterocycles. The van der Waals surface area contributed by atoms with Gasteiger partial charge in [-0.1, -0.05) is 30.0 Å². The van der Waals surface area contributed by atoms with Gasteiger partial charge in [0.05, 0.1) is 24.8 Å². The van der Waals surface area contributed by atoms with Gasteiger partial charge in [-0.3, -0.25) is 14.3 Å². The number of thiazole rings is 1. The number of benzene rings is 2. The molecule has 0 spiro atoms. The van der Waals surface area contributed by atoms with E-state index >= 15 is 0 Å². The maximum Gasteiger partial charge on any atom is 0.273 e. The highest BCUT2D eigenvalue weighted by Gasteiger charge is 2.25. The van der Waals surface area contributed by atoms with Crippen LogP contribution in [0.5, 0.6) is 17.2 Å². The highest BCUT2D eigenvalue weighted by molar-refractivity contribution is 7.98. The molecule has 2 aromatic carbocycles. The molecular formula is C30H28N6O5S2. The number of methoxy groups -OCH3 is 1. The van der Waals surface area contributed by atoms with Crippen molar-refractivity contribution in [1.82, 2.24) is 29.5 Å². The lowest BCUT2D eigenvalue weighted by Gasteiger charge is -2.34. The summed E-state index contributed by atoms with van der Waals surface area (Å²) < 4.78 is 24.1. The Kier molecular flexibility index (Phi) is 7.75. The van der Waals surface area contributed by atoms with Crippen LogP contribution >= 0.6 is 23.1 Å². The zero-order valence-electron chi connectivity index (χ0n) is 23.3. The van der Waals surface area contributed by atoms with Gasteiger partial charge in [-0.25, -0.2) is 4.98 Å². The van der Waals surface area contributed by atoms with Gasteiger partial charge in [0.2, 0.25) is 12.6 Å². The highest BCUT2D eigenvalue weighted by Crippen LogP contribution is 2.35. The van der Waals surface area contributed by atoms with Gasteiger partial charge in [0, 0.05) is 38.1 Å². The Morgan fingerprint density at radius 1 is 1.02 bits per heavy atom. The van der Waals surface area contributed by atoms with Crippen LogP contribution < -0.4 is 14.2 Å². The molecule has 0 atom stereocenters. The summed E-state index contributed by atoms with van der Waals surface area (Å²) in [6, 6.07) is 17.4. The van der Waals surface area contributed by atoms with E-state index in [1.807, 2.05) is 63.4 Å². The Balaban J connectivity index is 0.993. The summed E-state index contributed by atoms with van der Waals surface area (Å²) >= 11 is 2.97. The number of piperazine rings is 1. The van der Waals surface area contributed by atoms with Crippen LogP contribution in [0.15, 0.2) is 75.8 Å². The molecule has 0 unspecified atom stereocenters. The molecule has 0 saturated carbocycles. The van der Waals surface area contributed by atoms with Gasteiger partial charge < -0.3 is 23.5 Å². The first-order valence-electron chi connectivity index (χ1n) is 13.8. The lowest BCUT2D eigenvalue weighted by atomic mass is 10.1. The zero-order chi connectivity index (χ0) is 29.2. The van der Waals surface area contributed by atoms with Gasteiger partial charge in [0.15, 0.2) is 22.4 Å². The minimum absolute atomic E-state index is 0.0347. The van der Waals surface area contributed by atoms with Crippen LogP contribution in [-0.2, 0) is 12.3 Å². The molecule has 1 fully saturated rings. The van der Waals surface area contributed by atoms with E-state index in [4.69, 9.17) is 18.6 Å². The monoisotopic (exact) mass is 616 g/mol. The van der Waals surface area contributed by atoms with E-state index in [1.54, 1.807) is 13.4 Å². The SMILES string of the molecule is COc1ccccc1-n1c(SCc2nc(C(=O)N3CCN(Cc4ccc5c(c4)OCO5)CC3)cs2)nnc1-c1ccco1. The van der Waals surface area contributed by atoms with Crippen LogP contribution in [0.3, 0.4) is 0 Å². The van der Waals surface area contributed by atoms with E-state index in [2.05, 4.69) is 26.1 Å². The van der Waals surface area contributed by atoms with E-state index in [1.165, 1.54) is 28.7 Å². The maximum atomic E-state index is 13.3. The number of furan rings is 1. The molecule has 0 radical (unpaired) electrons. The van der Waals surface area contributed by atoms with Crippen molar-refractivity contribution in [2.45, 2.75) is 17.5 Å². The number of thioether (sulfide) groups is 1. The van der Waals surface area contributed by atoms with Gasteiger partial charge in [0.1, 0.15) is 16.5 Å². The fraction of sp³-hybridized carbons (Fsp3) is 0.267. The first-order valence-corrected chi connectivity index (χ1v) is 15.6. The lowest BCUT2D eigenvalue weighted by molar-refractivity contribution is 0.0623. The number of ether oxygens (including phenoxy) is 3. The number of rotatable bonds is 9. The molecule has 0 aliphatic carbocycles. The first-order chi connectivity index (χ1) is 21.2. The third-order valence-electron chi connectivity index (χ3n) is 7.30. The number of fused-ring (bicyclic) bond motifs is 1. The molecule has 13 heteroatoms. The largest absolute Gasteiger partial charge is 0.495 e. The number of aromatic nitrogens is 4. The summed E-state index contributed by atoms with van der Waals surface area (Å²) in [6.07, 6.45) is 1.61. The average Bonchev–Trinajstić information content (AvgIpc) is 3.87. The minimum Gasteiger partial charge on any atom is -0.495 e. The van der Waals surface area contributed by atoms with Gasteiger partial charge in [-0.15, -0.1) is 21.5 Å². The van der Waals surface area contributed by atoms with E-state index in [0.717, 1.165) is 41.8 Å². The second kappa shape index (κ2) is 12.1. The van der Waals surface area contributed by atoms with Gasteiger partial charge in [-0.05, 0) is 42.0 Å². The van der Waals surface area contributed by atoms with Crippen LogP contribution in [0.1, 0.15) is 21.1 Å². The minimum atomic E-state index is -0.0347. The van der Waals surface area contributed by atoms with E-state index in [9.17, 15) is 4.79 Å². The van der Waals surface area contributed by atoms with Crippen molar-refractivity contribution in [3.8, 4) is 34.5 Å². The Morgan fingerprint density at radius 2 is 1.88 bits per heavy atom. The summed E-state index contributed by atoms with van der Waals surface area (Å²) in [5.74, 6) is 3.95. The Bertz CT molecular complexity index is 1730. The molecule has 5 aromatic rings. The number of hydrogen-bond donors (Lipinski definition) is 0. The third-order valence-corrected chi connectivity index (χ3v) is 9.27. The third kappa shape index (κ3) is 5.70. The molecule has 11 nitrogen and oxygen atoms in total. The molecule has 43 heavy (non-hydrogen) atoms. The summed E-state index contributed by atoms with van der Waals surface area (Å²) in [5.41, 5.74) is 2.45. The van der Waals surface area contributed by atoms with E-state index in [-0.39, 0.29) is 12.7 Å². The number of amides is 1. The quantitative estimate of drug-likeness (QED) is 0.211. The van der Waals surface area contributed by atoms with E-state index in [0.29, 0.717) is 47.0 Å². The fourth-order valence-corrected chi connectivity index (χ4v) is 6.86. The van der Waals surface area contributed by atoms with Gasteiger partial charge in [0.25, 0.3) is 5.91 Å². The highest BCUT2D eigenvalue weighted by atomic mass is 32.2. The number of nitrogens with zero attached hydrogens (tertiary/aromatic N) is 6. The van der Waals surface area contributed by atoms with Crippen molar-refractivity contribution >= 4 is 29.0 Å². The molecule has 0 bridgehead atoms. The summed E-state index contributed by atoms with van der Waals surface area (Å²) in [7, 11) is 1.63. The van der Waals surface area contributed by atoms with Crippen LogP contribution in [0, 0.1) is 0 Å². The topological polar surface area (TPSA) is 108 Å². The van der Waals surface area contributed by atoms with Crippen molar-refractivity contribution in [3.05, 3.63) is 82.5 Å². The normalized spacial score (nSPS) is 14.8. The van der Waals surface area contributed by atoms with Gasteiger partial charge in [-0.2, -0.15) is 0 Å². The number of para-hydroxylation sites is 2. The molecule has 5 heterocycles. The molecule has 3 aromatic heterocycles. The average molecular weight is 617 g/mol. The fourth-order valence-electron chi connectivity index (χ4n) is 5.13. The van der Waals surface area contributed by atoms with Crippen LogP contribution in [0.25, 0.3) is 17.3 Å². The van der Waals surface area contributed by atoms with Crippen LogP contribution in [0.4, 0.5) is 0 Å². The Labute approximate surface area is 256 Å². The van der Waals surface area contributed by atoms with Crippen molar-refractivity contribution in [1.29, 1.82) is 0 Å². The Morgan fingerprint density at radius 3 is 2.72 bits per heavy atom. The summed E-state index contributed by atoms with van der Waals surface area (Å²) in [5, 5.41) is 12.2. The molecule has 1 amide bonds. The molecule has 2 aliphatic rings. The molecule has 7 rings (SSSR count). The lowest BCUT2D eigenvalue weighted by Crippen LogP contribution is -2.48. The maximum absolute atomic E-state index is 13.3. The zero-order valence-corrected chi connectivity index (χ0v) is 25.0. The number of hydrogen-bond acceptors (Lipinski definition) is 11. The van der Waals surface area contributed by atoms with Crippen molar-refractivity contribution in [2.24, 2.45) is 0 Å².